The van der Waals surface area contributed by atoms with E-state index in [0.29, 0.717) is 54.1 Å². The Morgan fingerprint density at radius 2 is 1.32 bits per heavy atom. The van der Waals surface area contributed by atoms with Crippen molar-refractivity contribution in [2.24, 2.45) is 5.92 Å². The molecule has 0 atom stereocenters. The summed E-state index contributed by atoms with van der Waals surface area (Å²) in [6, 6.07) is 15.9. The number of hydrogen-bond donors (Lipinski definition) is 3. The predicted molar refractivity (Wildman–Crippen MR) is 142 cm³/mol. The quantitative estimate of drug-likeness (QED) is 0.345. The third kappa shape index (κ3) is 6.53. The van der Waals surface area contributed by atoms with Gasteiger partial charge in [0.2, 0.25) is 0 Å². The minimum absolute atomic E-state index is 0.0126. The zero-order valence-corrected chi connectivity index (χ0v) is 21.5. The van der Waals surface area contributed by atoms with Gasteiger partial charge in [-0.2, -0.15) is 0 Å². The van der Waals surface area contributed by atoms with Crippen molar-refractivity contribution in [3.63, 3.8) is 0 Å². The molecule has 0 unspecified atom stereocenters. The number of fused-ring (bicyclic) bond motifs is 1. The minimum Gasteiger partial charge on any atom is -0.493 e. The zero-order chi connectivity index (χ0) is 27.1. The van der Waals surface area contributed by atoms with Gasteiger partial charge in [0.25, 0.3) is 11.8 Å². The molecule has 38 heavy (non-hydrogen) atoms. The lowest BCUT2D eigenvalue weighted by molar-refractivity contribution is -0.143. The second-order valence-electron chi connectivity index (χ2n) is 9.24. The monoisotopic (exact) mass is 520 g/mol. The van der Waals surface area contributed by atoms with Crippen LogP contribution in [0.4, 0.5) is 0 Å². The highest BCUT2D eigenvalue weighted by atomic mass is 16.5. The van der Waals surface area contributed by atoms with Gasteiger partial charge in [0, 0.05) is 24.2 Å². The molecule has 3 N–H and O–H groups in total. The normalized spacial score (nSPS) is 16.9. The summed E-state index contributed by atoms with van der Waals surface area (Å²) in [4.78, 5) is 36.2. The highest BCUT2D eigenvalue weighted by molar-refractivity contribution is 5.99. The van der Waals surface area contributed by atoms with Crippen molar-refractivity contribution in [3.05, 3.63) is 65.7 Å². The van der Waals surface area contributed by atoms with Gasteiger partial charge in [0.1, 0.15) is 5.75 Å². The Hall–Kier alpha value is -4.27. The van der Waals surface area contributed by atoms with Gasteiger partial charge in [-0.1, -0.05) is 6.07 Å². The fourth-order valence-corrected chi connectivity index (χ4v) is 4.58. The van der Waals surface area contributed by atoms with E-state index < -0.39 is 5.97 Å². The fourth-order valence-electron chi connectivity index (χ4n) is 4.58. The van der Waals surface area contributed by atoms with Gasteiger partial charge < -0.3 is 30.0 Å². The van der Waals surface area contributed by atoms with E-state index in [0.717, 1.165) is 10.8 Å². The second-order valence-corrected chi connectivity index (χ2v) is 9.24. The Morgan fingerprint density at radius 3 is 1.89 bits per heavy atom. The third-order valence-electron chi connectivity index (χ3n) is 6.74. The molecule has 4 rings (SSSR count). The van der Waals surface area contributed by atoms with Gasteiger partial charge in [0.15, 0.2) is 11.5 Å². The number of carboxylic acids is 1. The summed E-state index contributed by atoms with van der Waals surface area (Å²) < 4.78 is 16.6. The SMILES string of the molecule is COc1cc2ccc(C(=O)NCCNC(=O)c3ccc(OC4CCC(C(=O)O)CC4)cc3)cc2cc1OC. The molecule has 1 aliphatic rings. The Kier molecular flexibility index (Phi) is 8.68. The smallest absolute Gasteiger partial charge is 0.306 e. The van der Waals surface area contributed by atoms with E-state index in [1.807, 2.05) is 18.2 Å². The van der Waals surface area contributed by atoms with Crippen molar-refractivity contribution < 1.29 is 33.7 Å². The molecular weight excluding hydrogens is 488 g/mol. The number of methoxy groups -OCH3 is 2. The number of carboxylic acid groups (broad SMARTS) is 1. The molecule has 0 saturated heterocycles. The van der Waals surface area contributed by atoms with Crippen LogP contribution in [0, 0.1) is 5.92 Å². The summed E-state index contributed by atoms with van der Waals surface area (Å²) in [7, 11) is 3.14. The van der Waals surface area contributed by atoms with Crippen LogP contribution >= 0.6 is 0 Å². The number of ether oxygens (including phenoxy) is 3. The molecule has 1 fully saturated rings. The molecule has 0 spiro atoms. The lowest BCUT2D eigenvalue weighted by Crippen LogP contribution is -2.34. The summed E-state index contributed by atoms with van der Waals surface area (Å²) in [5.74, 6) is 0.340. The molecule has 1 saturated carbocycles. The fraction of sp³-hybridized carbons (Fsp3) is 0.345. The van der Waals surface area contributed by atoms with E-state index in [1.54, 1.807) is 50.6 Å². The van der Waals surface area contributed by atoms with E-state index in [1.165, 1.54) is 0 Å². The van der Waals surface area contributed by atoms with Gasteiger partial charge in [0.05, 0.1) is 26.2 Å². The summed E-state index contributed by atoms with van der Waals surface area (Å²) in [5.41, 5.74) is 0.986. The molecule has 200 valence electrons. The van der Waals surface area contributed by atoms with Gasteiger partial charge in [-0.25, -0.2) is 0 Å². The highest BCUT2D eigenvalue weighted by Gasteiger charge is 2.26. The van der Waals surface area contributed by atoms with Crippen LogP contribution in [0.25, 0.3) is 10.8 Å². The minimum atomic E-state index is -0.741. The lowest BCUT2D eigenvalue weighted by Gasteiger charge is -2.26. The average Bonchev–Trinajstić information content (AvgIpc) is 2.94. The number of aliphatic carboxylic acids is 1. The molecule has 9 nitrogen and oxygen atoms in total. The standard InChI is InChI=1S/C29H32N2O7/c1-36-25-16-20-3-4-21(15-22(20)17-26(25)37-2)28(33)31-14-13-30-27(32)18-5-9-23(10-6-18)38-24-11-7-19(8-12-24)29(34)35/h3-6,9-10,15-17,19,24H,7-8,11-14H2,1-2H3,(H,30,32)(H,31,33)(H,34,35). The maximum Gasteiger partial charge on any atom is 0.306 e. The Bertz CT molecular complexity index is 1300. The van der Waals surface area contributed by atoms with E-state index in [-0.39, 0.29) is 36.9 Å². The van der Waals surface area contributed by atoms with Crippen LogP contribution in [0.1, 0.15) is 46.4 Å². The van der Waals surface area contributed by atoms with Crippen molar-refractivity contribution in [1.82, 2.24) is 10.6 Å². The molecule has 3 aromatic rings. The van der Waals surface area contributed by atoms with Gasteiger partial charge in [-0.05, 0) is 85.0 Å². The molecule has 0 radical (unpaired) electrons. The molecule has 1 aliphatic carbocycles. The van der Waals surface area contributed by atoms with Gasteiger partial charge in [-0.3, -0.25) is 14.4 Å². The second kappa shape index (κ2) is 12.3. The number of hydrogen-bond acceptors (Lipinski definition) is 6. The number of carbonyl (C=O) groups excluding carboxylic acids is 2. The van der Waals surface area contributed by atoms with E-state index in [4.69, 9.17) is 19.3 Å². The summed E-state index contributed by atoms with van der Waals surface area (Å²) in [6.07, 6.45) is 2.62. The number of benzene rings is 3. The molecule has 3 aromatic carbocycles. The maximum absolute atomic E-state index is 12.6. The number of rotatable bonds is 10. The van der Waals surface area contributed by atoms with Crippen LogP contribution in [0.5, 0.6) is 17.2 Å². The number of nitrogens with one attached hydrogen (secondary N) is 2. The van der Waals surface area contributed by atoms with Crippen molar-refractivity contribution in [1.29, 1.82) is 0 Å². The van der Waals surface area contributed by atoms with E-state index in [2.05, 4.69) is 10.6 Å². The molecular formula is C29H32N2O7. The molecule has 9 heteroatoms. The maximum atomic E-state index is 12.6. The van der Waals surface area contributed by atoms with Crippen molar-refractivity contribution >= 4 is 28.6 Å². The van der Waals surface area contributed by atoms with Crippen molar-refractivity contribution in [2.75, 3.05) is 27.3 Å². The van der Waals surface area contributed by atoms with Crippen molar-refractivity contribution in [2.45, 2.75) is 31.8 Å². The van der Waals surface area contributed by atoms with E-state index >= 15 is 0 Å². The average molecular weight is 521 g/mol. The zero-order valence-electron chi connectivity index (χ0n) is 21.5. The molecule has 0 bridgehead atoms. The van der Waals surface area contributed by atoms with E-state index in [9.17, 15) is 14.4 Å². The molecule has 0 aromatic heterocycles. The first kappa shape index (κ1) is 26.8. The first-order valence-electron chi connectivity index (χ1n) is 12.6. The van der Waals surface area contributed by atoms with Crippen LogP contribution in [0.15, 0.2) is 54.6 Å². The lowest BCUT2D eigenvalue weighted by atomic mass is 9.87. The van der Waals surface area contributed by atoms with Crippen LogP contribution in [-0.4, -0.2) is 56.3 Å². The van der Waals surface area contributed by atoms with Crippen molar-refractivity contribution in [3.8, 4) is 17.2 Å². The van der Waals surface area contributed by atoms with Crippen LogP contribution in [-0.2, 0) is 4.79 Å². The summed E-state index contributed by atoms with van der Waals surface area (Å²) in [6.45, 7) is 0.545. The summed E-state index contributed by atoms with van der Waals surface area (Å²) >= 11 is 0. The molecule has 2 amide bonds. The van der Waals surface area contributed by atoms with Crippen LogP contribution in [0.3, 0.4) is 0 Å². The Labute approximate surface area is 221 Å². The van der Waals surface area contributed by atoms with Gasteiger partial charge in [-0.15, -0.1) is 0 Å². The highest BCUT2D eigenvalue weighted by Crippen LogP contribution is 2.32. The van der Waals surface area contributed by atoms with Gasteiger partial charge >= 0.3 is 5.97 Å². The topological polar surface area (TPSA) is 123 Å². The number of amides is 2. The Balaban J connectivity index is 1.22. The largest absolute Gasteiger partial charge is 0.493 e. The first-order valence-corrected chi connectivity index (χ1v) is 12.6. The first-order chi connectivity index (χ1) is 18.4. The molecule has 0 heterocycles. The molecule has 0 aliphatic heterocycles. The summed E-state index contributed by atoms with van der Waals surface area (Å²) in [5, 5.41) is 16.5. The Morgan fingerprint density at radius 1 is 0.763 bits per heavy atom. The predicted octanol–water partition coefficient (Wildman–Crippen LogP) is 4.04. The van der Waals surface area contributed by atoms with Crippen LogP contribution in [0.2, 0.25) is 0 Å². The third-order valence-corrected chi connectivity index (χ3v) is 6.74. The van der Waals surface area contributed by atoms with Crippen LogP contribution < -0.4 is 24.8 Å². The number of carbonyl (C=O) groups is 3.